The minimum atomic E-state index is -0.394. The standard InChI is InChI=1S/C23H26FN3O/c1-17-8-7-9-18(14-17)21-15-22(19-10-3-4-11-20(19)24)27(25-21)23(28)16-26-12-5-2-6-13-26/h3-4,7-11,14,22H,2,5-6,12-13,15-16H2,1H3/t22-/m0/s1. The summed E-state index contributed by atoms with van der Waals surface area (Å²) in [7, 11) is 0. The maximum atomic E-state index is 14.5. The molecule has 0 saturated carbocycles. The first-order chi connectivity index (χ1) is 13.6. The first-order valence-electron chi connectivity index (χ1n) is 10.0. The van der Waals surface area contributed by atoms with Crippen LogP contribution in [0.5, 0.6) is 0 Å². The minimum absolute atomic E-state index is 0.0576. The fourth-order valence-electron chi connectivity index (χ4n) is 4.11. The Morgan fingerprint density at radius 1 is 1.11 bits per heavy atom. The van der Waals surface area contributed by atoms with Gasteiger partial charge in [-0.3, -0.25) is 9.69 Å². The van der Waals surface area contributed by atoms with Gasteiger partial charge in [-0.15, -0.1) is 0 Å². The highest BCUT2D eigenvalue weighted by atomic mass is 19.1. The fraction of sp³-hybridized carbons (Fsp3) is 0.391. The quantitative estimate of drug-likeness (QED) is 0.794. The van der Waals surface area contributed by atoms with Gasteiger partial charge in [0.25, 0.3) is 5.91 Å². The van der Waals surface area contributed by atoms with Crippen LogP contribution in [0.25, 0.3) is 0 Å². The molecule has 1 fully saturated rings. The van der Waals surface area contributed by atoms with Crippen molar-refractivity contribution in [1.29, 1.82) is 0 Å². The molecule has 1 amide bonds. The Hall–Kier alpha value is -2.53. The Labute approximate surface area is 165 Å². The maximum absolute atomic E-state index is 14.5. The predicted octanol–water partition coefficient (Wildman–Crippen LogP) is 4.30. The Bertz CT molecular complexity index is 889. The average molecular weight is 379 g/mol. The van der Waals surface area contributed by atoms with Crippen molar-refractivity contribution in [2.45, 2.75) is 38.6 Å². The summed E-state index contributed by atoms with van der Waals surface area (Å²) in [4.78, 5) is 15.3. The lowest BCUT2D eigenvalue weighted by molar-refractivity contribution is -0.134. The number of piperidine rings is 1. The number of hydrazone groups is 1. The third kappa shape index (κ3) is 3.99. The van der Waals surface area contributed by atoms with Crippen molar-refractivity contribution in [2.24, 2.45) is 5.10 Å². The van der Waals surface area contributed by atoms with Crippen LogP contribution in [0.2, 0.25) is 0 Å². The van der Waals surface area contributed by atoms with E-state index in [1.54, 1.807) is 12.1 Å². The normalized spacial score (nSPS) is 20.3. The van der Waals surface area contributed by atoms with Crippen molar-refractivity contribution in [2.75, 3.05) is 19.6 Å². The van der Waals surface area contributed by atoms with Crippen molar-refractivity contribution in [3.63, 3.8) is 0 Å². The van der Waals surface area contributed by atoms with Gasteiger partial charge in [0.2, 0.25) is 0 Å². The second-order valence-electron chi connectivity index (χ2n) is 7.73. The molecular formula is C23H26FN3O. The first-order valence-corrected chi connectivity index (χ1v) is 10.0. The number of nitrogens with zero attached hydrogens (tertiary/aromatic N) is 3. The Morgan fingerprint density at radius 2 is 1.89 bits per heavy atom. The largest absolute Gasteiger partial charge is 0.294 e. The van der Waals surface area contributed by atoms with Gasteiger partial charge in [-0.2, -0.15) is 5.10 Å². The van der Waals surface area contributed by atoms with Gasteiger partial charge in [0.1, 0.15) is 5.82 Å². The van der Waals surface area contributed by atoms with Crippen LogP contribution in [0.4, 0.5) is 4.39 Å². The minimum Gasteiger partial charge on any atom is -0.294 e. The van der Waals surface area contributed by atoms with E-state index in [0.29, 0.717) is 18.5 Å². The molecule has 0 aliphatic carbocycles. The number of hydrogen-bond donors (Lipinski definition) is 0. The van der Waals surface area contributed by atoms with Crippen molar-refractivity contribution < 1.29 is 9.18 Å². The van der Waals surface area contributed by atoms with Gasteiger partial charge < -0.3 is 0 Å². The summed E-state index contributed by atoms with van der Waals surface area (Å²) in [6, 6.07) is 14.4. The highest BCUT2D eigenvalue weighted by Crippen LogP contribution is 2.34. The molecule has 0 bridgehead atoms. The van der Waals surface area contributed by atoms with E-state index in [0.717, 1.165) is 42.8 Å². The zero-order chi connectivity index (χ0) is 19.5. The number of carbonyl (C=O) groups excluding carboxylic acids is 1. The molecule has 0 N–H and O–H groups in total. The predicted molar refractivity (Wildman–Crippen MR) is 109 cm³/mol. The molecule has 146 valence electrons. The lowest BCUT2D eigenvalue weighted by atomic mass is 9.97. The van der Waals surface area contributed by atoms with Gasteiger partial charge in [0.05, 0.1) is 18.3 Å². The zero-order valence-electron chi connectivity index (χ0n) is 16.3. The number of carbonyl (C=O) groups is 1. The van der Waals surface area contributed by atoms with E-state index < -0.39 is 6.04 Å². The molecule has 1 saturated heterocycles. The van der Waals surface area contributed by atoms with Crippen LogP contribution in [0.1, 0.15) is 48.4 Å². The SMILES string of the molecule is Cc1cccc(C2=NN(C(=O)CN3CCCCC3)[C@H](c3ccccc3F)C2)c1. The number of hydrogen-bond acceptors (Lipinski definition) is 3. The molecule has 4 nitrogen and oxygen atoms in total. The number of halogens is 1. The van der Waals surface area contributed by atoms with Crippen molar-refractivity contribution in [3.8, 4) is 0 Å². The number of aryl methyl sites for hydroxylation is 1. The summed E-state index contributed by atoms with van der Waals surface area (Å²) in [6.07, 6.45) is 4.00. The molecule has 0 radical (unpaired) electrons. The molecule has 0 unspecified atom stereocenters. The summed E-state index contributed by atoms with van der Waals surface area (Å²) in [5, 5.41) is 6.19. The molecule has 1 atom stereocenters. The molecular weight excluding hydrogens is 353 g/mol. The zero-order valence-corrected chi connectivity index (χ0v) is 16.3. The van der Waals surface area contributed by atoms with Crippen LogP contribution in [0.3, 0.4) is 0 Å². The van der Waals surface area contributed by atoms with Crippen LogP contribution in [-0.2, 0) is 4.79 Å². The van der Waals surface area contributed by atoms with E-state index in [1.807, 2.05) is 31.2 Å². The van der Waals surface area contributed by atoms with Gasteiger partial charge in [-0.1, -0.05) is 54.4 Å². The molecule has 2 aliphatic rings. The summed E-state index contributed by atoms with van der Waals surface area (Å²) in [5.74, 6) is -0.346. The van der Waals surface area contributed by atoms with Crippen LogP contribution < -0.4 is 0 Å². The van der Waals surface area contributed by atoms with E-state index in [4.69, 9.17) is 0 Å². The van der Waals surface area contributed by atoms with Crippen molar-refractivity contribution >= 4 is 11.6 Å². The van der Waals surface area contributed by atoms with E-state index in [1.165, 1.54) is 17.5 Å². The van der Waals surface area contributed by atoms with Gasteiger partial charge in [0, 0.05) is 12.0 Å². The van der Waals surface area contributed by atoms with Crippen LogP contribution in [0, 0.1) is 12.7 Å². The van der Waals surface area contributed by atoms with Gasteiger partial charge >= 0.3 is 0 Å². The third-order valence-electron chi connectivity index (χ3n) is 5.59. The lowest BCUT2D eigenvalue weighted by Gasteiger charge is -2.29. The summed E-state index contributed by atoms with van der Waals surface area (Å²) < 4.78 is 14.5. The Morgan fingerprint density at radius 3 is 2.64 bits per heavy atom. The molecule has 0 spiro atoms. The van der Waals surface area contributed by atoms with Crippen LogP contribution in [0.15, 0.2) is 53.6 Å². The molecule has 5 heteroatoms. The van der Waals surface area contributed by atoms with Crippen LogP contribution >= 0.6 is 0 Å². The highest BCUT2D eigenvalue weighted by Gasteiger charge is 2.35. The Balaban J connectivity index is 1.63. The average Bonchev–Trinajstić information content (AvgIpc) is 3.14. The monoisotopic (exact) mass is 379 g/mol. The number of benzene rings is 2. The summed E-state index contributed by atoms with van der Waals surface area (Å²) >= 11 is 0. The highest BCUT2D eigenvalue weighted by molar-refractivity contribution is 6.03. The number of rotatable bonds is 4. The topological polar surface area (TPSA) is 35.9 Å². The van der Waals surface area contributed by atoms with E-state index in [-0.39, 0.29) is 11.7 Å². The fourth-order valence-corrected chi connectivity index (χ4v) is 4.11. The van der Waals surface area contributed by atoms with E-state index >= 15 is 0 Å². The second-order valence-corrected chi connectivity index (χ2v) is 7.73. The molecule has 4 rings (SSSR count). The van der Waals surface area contributed by atoms with E-state index in [2.05, 4.69) is 16.1 Å². The van der Waals surface area contributed by atoms with Gasteiger partial charge in [0.15, 0.2) is 0 Å². The number of likely N-dealkylation sites (tertiary alicyclic amines) is 1. The molecule has 2 heterocycles. The van der Waals surface area contributed by atoms with Crippen LogP contribution in [-0.4, -0.2) is 41.2 Å². The molecule has 28 heavy (non-hydrogen) atoms. The molecule has 2 aromatic carbocycles. The Kier molecular flexibility index (Phi) is 5.53. The summed E-state index contributed by atoms with van der Waals surface area (Å²) in [5.41, 5.74) is 3.50. The first kappa shape index (κ1) is 18.8. The van der Waals surface area contributed by atoms with E-state index in [9.17, 15) is 9.18 Å². The number of amides is 1. The smallest absolute Gasteiger partial charge is 0.257 e. The lowest BCUT2D eigenvalue weighted by Crippen LogP contribution is -2.40. The second kappa shape index (κ2) is 8.23. The molecule has 2 aromatic rings. The van der Waals surface area contributed by atoms with Gasteiger partial charge in [-0.05, 0) is 44.5 Å². The van der Waals surface area contributed by atoms with Gasteiger partial charge in [-0.25, -0.2) is 9.40 Å². The third-order valence-corrected chi connectivity index (χ3v) is 5.59. The maximum Gasteiger partial charge on any atom is 0.257 e. The molecule has 0 aromatic heterocycles. The summed E-state index contributed by atoms with van der Waals surface area (Å²) in [6.45, 7) is 4.26. The van der Waals surface area contributed by atoms with Crippen molar-refractivity contribution in [3.05, 3.63) is 71.0 Å². The van der Waals surface area contributed by atoms with Crippen molar-refractivity contribution in [1.82, 2.24) is 9.91 Å². The molecule has 2 aliphatic heterocycles.